The van der Waals surface area contributed by atoms with E-state index in [9.17, 15) is 13.2 Å². The molecule has 124 valence electrons. The van der Waals surface area contributed by atoms with Crippen LogP contribution in [0.2, 0.25) is 5.02 Å². The molecule has 0 aliphatic carbocycles. The first kappa shape index (κ1) is 15.9. The number of nitrogens with one attached hydrogen (secondary N) is 1. The van der Waals surface area contributed by atoms with Crippen molar-refractivity contribution in [3.8, 4) is 0 Å². The predicted molar refractivity (Wildman–Crippen MR) is 81.7 cm³/mol. The lowest BCUT2D eigenvalue weighted by molar-refractivity contribution is -0.137. The second kappa shape index (κ2) is 5.92. The Morgan fingerprint density at radius 2 is 2.13 bits per heavy atom. The van der Waals surface area contributed by atoms with Crippen molar-refractivity contribution in [2.24, 2.45) is 7.05 Å². The molecule has 1 aliphatic rings. The summed E-state index contributed by atoms with van der Waals surface area (Å²) < 4.78 is 39.6. The van der Waals surface area contributed by atoms with Crippen molar-refractivity contribution in [2.75, 3.05) is 23.3 Å². The molecule has 1 unspecified atom stereocenters. The van der Waals surface area contributed by atoms with Crippen LogP contribution in [0.3, 0.4) is 0 Å². The first-order chi connectivity index (χ1) is 10.8. The third-order valence-corrected chi connectivity index (χ3v) is 4.04. The van der Waals surface area contributed by atoms with Gasteiger partial charge in [-0.25, -0.2) is 4.98 Å². The third kappa shape index (κ3) is 3.52. The van der Waals surface area contributed by atoms with Crippen molar-refractivity contribution >= 4 is 23.1 Å². The Hall–Kier alpha value is -1.96. The summed E-state index contributed by atoms with van der Waals surface area (Å²) in [6, 6.07) is 0.960. The molecular formula is C14H15ClF3N5. The molecule has 23 heavy (non-hydrogen) atoms. The van der Waals surface area contributed by atoms with Gasteiger partial charge in [0.05, 0.1) is 22.5 Å². The maximum Gasteiger partial charge on any atom is 0.417 e. The number of anilines is 2. The number of rotatable bonds is 3. The second-order valence-corrected chi connectivity index (χ2v) is 5.91. The number of pyridine rings is 1. The van der Waals surface area contributed by atoms with E-state index < -0.39 is 11.7 Å². The molecule has 0 radical (unpaired) electrons. The zero-order chi connectivity index (χ0) is 16.6. The fraction of sp³-hybridized carbons (Fsp3) is 0.429. The SMILES string of the molecule is Cn1cc(N2CCC(Nc3ncc(C(F)(F)F)cc3Cl)C2)cn1. The van der Waals surface area contributed by atoms with Crippen LogP contribution in [-0.2, 0) is 13.2 Å². The van der Waals surface area contributed by atoms with E-state index in [4.69, 9.17) is 11.6 Å². The van der Waals surface area contributed by atoms with E-state index in [0.29, 0.717) is 6.54 Å². The topological polar surface area (TPSA) is 46.0 Å². The summed E-state index contributed by atoms with van der Waals surface area (Å²) in [5, 5.41) is 7.22. The number of aromatic nitrogens is 3. The van der Waals surface area contributed by atoms with Gasteiger partial charge in [-0.2, -0.15) is 18.3 Å². The minimum atomic E-state index is -4.44. The highest BCUT2D eigenvalue weighted by Gasteiger charge is 2.32. The van der Waals surface area contributed by atoms with Crippen molar-refractivity contribution in [3.63, 3.8) is 0 Å². The van der Waals surface area contributed by atoms with Crippen molar-refractivity contribution in [1.29, 1.82) is 0 Å². The minimum absolute atomic E-state index is 0.0281. The monoisotopic (exact) mass is 345 g/mol. The van der Waals surface area contributed by atoms with E-state index in [2.05, 4.69) is 20.3 Å². The van der Waals surface area contributed by atoms with Crippen molar-refractivity contribution in [3.05, 3.63) is 35.2 Å². The van der Waals surface area contributed by atoms with Crippen LogP contribution in [0.15, 0.2) is 24.7 Å². The molecule has 0 aromatic carbocycles. The van der Waals surface area contributed by atoms with Crippen LogP contribution in [0.25, 0.3) is 0 Å². The summed E-state index contributed by atoms with van der Waals surface area (Å²) in [5.41, 5.74) is 0.166. The molecule has 1 fully saturated rings. The quantitative estimate of drug-likeness (QED) is 0.928. The molecular weight excluding hydrogens is 331 g/mol. The van der Waals surface area contributed by atoms with Gasteiger partial charge in [-0.3, -0.25) is 4.68 Å². The average molecular weight is 346 g/mol. The normalized spacial score (nSPS) is 18.5. The highest BCUT2D eigenvalue weighted by Crippen LogP contribution is 2.33. The first-order valence-electron chi connectivity index (χ1n) is 7.06. The summed E-state index contributed by atoms with van der Waals surface area (Å²) in [6.45, 7) is 1.55. The van der Waals surface area contributed by atoms with Crippen molar-refractivity contribution in [1.82, 2.24) is 14.8 Å². The Morgan fingerprint density at radius 3 is 2.74 bits per heavy atom. The van der Waals surface area contributed by atoms with Gasteiger partial charge < -0.3 is 10.2 Å². The Labute approximate surface area is 136 Å². The second-order valence-electron chi connectivity index (χ2n) is 5.50. The van der Waals surface area contributed by atoms with Gasteiger partial charge >= 0.3 is 6.18 Å². The molecule has 1 saturated heterocycles. The highest BCUT2D eigenvalue weighted by atomic mass is 35.5. The Balaban J connectivity index is 1.66. The smallest absolute Gasteiger partial charge is 0.367 e. The predicted octanol–water partition coefficient (Wildman–Crippen LogP) is 3.18. The van der Waals surface area contributed by atoms with Crippen LogP contribution in [-0.4, -0.2) is 33.9 Å². The fourth-order valence-electron chi connectivity index (χ4n) is 2.58. The van der Waals surface area contributed by atoms with E-state index in [0.717, 1.165) is 30.9 Å². The molecule has 2 aromatic heterocycles. The summed E-state index contributed by atoms with van der Waals surface area (Å²) in [6.07, 6.45) is 0.896. The van der Waals surface area contributed by atoms with Crippen LogP contribution < -0.4 is 10.2 Å². The molecule has 0 saturated carbocycles. The Kier molecular flexibility index (Phi) is 4.09. The van der Waals surface area contributed by atoms with Gasteiger partial charge in [-0.1, -0.05) is 11.6 Å². The highest BCUT2D eigenvalue weighted by molar-refractivity contribution is 6.33. The van der Waals surface area contributed by atoms with Crippen molar-refractivity contribution < 1.29 is 13.2 Å². The average Bonchev–Trinajstić information content (AvgIpc) is 3.09. The van der Waals surface area contributed by atoms with Gasteiger partial charge in [-0.15, -0.1) is 0 Å². The summed E-state index contributed by atoms with van der Waals surface area (Å²) in [5.74, 6) is 0.276. The zero-order valence-electron chi connectivity index (χ0n) is 12.3. The summed E-state index contributed by atoms with van der Waals surface area (Å²) in [7, 11) is 1.85. The molecule has 0 bridgehead atoms. The van der Waals surface area contributed by atoms with E-state index in [1.54, 1.807) is 10.9 Å². The molecule has 5 nitrogen and oxygen atoms in total. The third-order valence-electron chi connectivity index (χ3n) is 3.75. The summed E-state index contributed by atoms with van der Waals surface area (Å²) in [4.78, 5) is 5.97. The van der Waals surface area contributed by atoms with Crippen LogP contribution in [0.1, 0.15) is 12.0 Å². The molecule has 1 atom stereocenters. The Bertz CT molecular complexity index is 700. The maximum atomic E-state index is 12.6. The molecule has 3 rings (SSSR count). The molecule has 9 heteroatoms. The van der Waals surface area contributed by atoms with Crippen LogP contribution >= 0.6 is 11.6 Å². The number of hydrogen-bond acceptors (Lipinski definition) is 4. The molecule has 3 heterocycles. The number of aryl methyl sites for hydroxylation is 1. The molecule has 1 N–H and O–H groups in total. The van der Waals surface area contributed by atoms with E-state index in [1.807, 2.05) is 13.2 Å². The number of nitrogens with zero attached hydrogens (tertiary/aromatic N) is 4. The zero-order valence-corrected chi connectivity index (χ0v) is 13.1. The van der Waals surface area contributed by atoms with Gasteiger partial charge in [0.1, 0.15) is 5.82 Å². The lowest BCUT2D eigenvalue weighted by Crippen LogP contribution is -2.26. The fourth-order valence-corrected chi connectivity index (χ4v) is 2.80. The molecule has 0 amide bonds. The maximum absolute atomic E-state index is 12.6. The minimum Gasteiger partial charge on any atom is -0.367 e. The number of halogens is 4. The van der Waals surface area contributed by atoms with E-state index >= 15 is 0 Å². The van der Waals surface area contributed by atoms with Gasteiger partial charge in [0.25, 0.3) is 0 Å². The van der Waals surface area contributed by atoms with Crippen LogP contribution in [0.5, 0.6) is 0 Å². The van der Waals surface area contributed by atoms with Crippen LogP contribution in [0, 0.1) is 0 Å². The molecule has 2 aromatic rings. The lowest BCUT2D eigenvalue weighted by atomic mass is 10.2. The standard InChI is InChI=1S/C14H15ClF3N5/c1-22-8-11(6-20-22)23-3-2-10(7-23)21-13-12(15)4-9(5-19-13)14(16,17)18/h4-6,8,10H,2-3,7H2,1H3,(H,19,21). The number of alkyl halides is 3. The lowest BCUT2D eigenvalue weighted by Gasteiger charge is -2.18. The summed E-state index contributed by atoms with van der Waals surface area (Å²) >= 11 is 5.92. The first-order valence-corrected chi connectivity index (χ1v) is 7.43. The van der Waals surface area contributed by atoms with Crippen LogP contribution in [0.4, 0.5) is 24.7 Å². The van der Waals surface area contributed by atoms with Gasteiger partial charge in [-0.05, 0) is 12.5 Å². The number of hydrogen-bond donors (Lipinski definition) is 1. The molecule has 1 aliphatic heterocycles. The van der Waals surface area contributed by atoms with Gasteiger partial charge in [0.2, 0.25) is 0 Å². The van der Waals surface area contributed by atoms with Gasteiger partial charge in [0.15, 0.2) is 0 Å². The van der Waals surface area contributed by atoms with Gasteiger partial charge in [0, 0.05) is 38.6 Å². The Morgan fingerprint density at radius 1 is 1.35 bits per heavy atom. The van der Waals surface area contributed by atoms with Crippen molar-refractivity contribution in [2.45, 2.75) is 18.6 Å². The van der Waals surface area contributed by atoms with E-state index in [-0.39, 0.29) is 16.9 Å². The van der Waals surface area contributed by atoms with E-state index in [1.165, 1.54) is 0 Å². The largest absolute Gasteiger partial charge is 0.417 e. The molecule has 0 spiro atoms.